The van der Waals surface area contributed by atoms with Gasteiger partial charge in [-0.25, -0.2) is 14.6 Å². The highest BCUT2D eigenvalue weighted by Crippen LogP contribution is 2.34. The summed E-state index contributed by atoms with van der Waals surface area (Å²) in [4.78, 5) is 26.4. The molecule has 1 aliphatic heterocycles. The summed E-state index contributed by atoms with van der Waals surface area (Å²) < 4.78 is 1.47. The van der Waals surface area contributed by atoms with Crippen LogP contribution in [-0.2, 0) is 0 Å². The summed E-state index contributed by atoms with van der Waals surface area (Å²) in [6.07, 6.45) is 1.04. The second-order valence-corrected chi connectivity index (χ2v) is 8.44. The topological polar surface area (TPSA) is 93.2 Å². The van der Waals surface area contributed by atoms with Crippen molar-refractivity contribution in [1.29, 1.82) is 0 Å². The van der Waals surface area contributed by atoms with Gasteiger partial charge in [-0.1, -0.05) is 30.3 Å². The molecule has 0 aliphatic carbocycles. The van der Waals surface area contributed by atoms with Crippen LogP contribution in [0.3, 0.4) is 0 Å². The maximum atomic E-state index is 12.3. The first-order chi connectivity index (χ1) is 14.8. The van der Waals surface area contributed by atoms with Crippen LogP contribution in [0, 0.1) is 0 Å². The lowest BCUT2D eigenvalue weighted by Crippen LogP contribution is -2.32. The molecule has 0 radical (unpaired) electrons. The number of rotatable bonds is 5. The summed E-state index contributed by atoms with van der Waals surface area (Å²) in [5, 5.41) is 4.60. The van der Waals surface area contributed by atoms with Crippen LogP contribution in [-0.4, -0.2) is 57.9 Å². The van der Waals surface area contributed by atoms with Crippen LogP contribution < -0.4 is 16.2 Å². The predicted octanol–water partition coefficient (Wildman–Crippen LogP) is 2.67. The molecule has 1 aliphatic rings. The quantitative estimate of drug-likeness (QED) is 0.679. The fourth-order valence-corrected chi connectivity index (χ4v) is 3.93. The number of nitrogens with zero attached hydrogens (tertiary/aromatic N) is 6. The number of nitrogen functional groups attached to an aromatic ring is 1. The molecule has 2 N–H and O–H groups in total. The van der Waals surface area contributed by atoms with Gasteiger partial charge in [-0.2, -0.15) is 5.10 Å². The SMILES string of the molecule is CC(C)n1nc(-c2nc(N3CCC(N(C)C)C3)c(N)nc2-c2ccccc2)ccc1=O. The number of hydrogen-bond donors (Lipinski definition) is 1. The standard InChI is InChI=1S/C23H29N7O/c1-15(2)30-19(31)11-10-18(27-30)21-20(16-8-6-5-7-9-16)25-22(24)23(26-21)29-13-12-17(14-29)28(3)4/h5-11,15,17H,12-14H2,1-4H3,(H2,24,25). The monoisotopic (exact) mass is 419 g/mol. The molecule has 8 heteroatoms. The Morgan fingerprint density at radius 3 is 2.45 bits per heavy atom. The van der Waals surface area contributed by atoms with Gasteiger partial charge in [0.15, 0.2) is 11.6 Å². The lowest BCUT2D eigenvalue weighted by Gasteiger charge is -2.23. The Labute approximate surface area is 182 Å². The smallest absolute Gasteiger partial charge is 0.267 e. The van der Waals surface area contributed by atoms with Gasteiger partial charge in [0.2, 0.25) is 0 Å². The van der Waals surface area contributed by atoms with E-state index >= 15 is 0 Å². The number of likely N-dealkylation sites (N-methyl/N-ethyl adjacent to an activating group) is 1. The zero-order chi connectivity index (χ0) is 22.1. The van der Waals surface area contributed by atoms with Crippen LogP contribution in [0.1, 0.15) is 26.3 Å². The summed E-state index contributed by atoms with van der Waals surface area (Å²) in [5.74, 6) is 1.07. The average Bonchev–Trinajstić information content (AvgIpc) is 3.25. The molecule has 0 saturated carbocycles. The Bertz CT molecular complexity index is 1120. The maximum absolute atomic E-state index is 12.3. The zero-order valence-electron chi connectivity index (χ0n) is 18.5. The fraction of sp³-hybridized carbons (Fsp3) is 0.391. The van der Waals surface area contributed by atoms with E-state index < -0.39 is 0 Å². The van der Waals surface area contributed by atoms with Crippen molar-refractivity contribution in [2.45, 2.75) is 32.4 Å². The minimum absolute atomic E-state index is 0.0618. The van der Waals surface area contributed by atoms with Crippen LogP contribution in [0.2, 0.25) is 0 Å². The molecule has 1 saturated heterocycles. The van der Waals surface area contributed by atoms with Crippen LogP contribution in [0.25, 0.3) is 22.6 Å². The highest BCUT2D eigenvalue weighted by atomic mass is 16.1. The molecule has 162 valence electrons. The summed E-state index contributed by atoms with van der Waals surface area (Å²) in [6, 6.07) is 13.4. The van der Waals surface area contributed by atoms with Crippen molar-refractivity contribution in [3.05, 3.63) is 52.8 Å². The third-order valence-corrected chi connectivity index (χ3v) is 5.70. The Morgan fingerprint density at radius 2 is 1.81 bits per heavy atom. The molecule has 1 unspecified atom stereocenters. The van der Waals surface area contributed by atoms with Gasteiger partial charge in [0.1, 0.15) is 17.1 Å². The van der Waals surface area contributed by atoms with Crippen molar-refractivity contribution in [2.24, 2.45) is 0 Å². The molecule has 0 amide bonds. The molecular formula is C23H29N7O. The molecule has 0 spiro atoms. The van der Waals surface area contributed by atoms with Gasteiger partial charge in [0, 0.05) is 30.8 Å². The van der Waals surface area contributed by atoms with Crippen LogP contribution in [0.5, 0.6) is 0 Å². The molecular weight excluding hydrogens is 390 g/mol. The summed E-state index contributed by atoms with van der Waals surface area (Å²) >= 11 is 0. The van der Waals surface area contributed by atoms with Gasteiger partial charge >= 0.3 is 0 Å². The van der Waals surface area contributed by atoms with Crippen molar-refractivity contribution in [1.82, 2.24) is 24.6 Å². The van der Waals surface area contributed by atoms with Crippen LogP contribution in [0.4, 0.5) is 11.6 Å². The lowest BCUT2D eigenvalue weighted by atomic mass is 10.1. The first-order valence-corrected chi connectivity index (χ1v) is 10.6. The zero-order valence-corrected chi connectivity index (χ0v) is 18.5. The molecule has 3 aromatic rings. The lowest BCUT2D eigenvalue weighted by molar-refractivity contribution is 0.315. The largest absolute Gasteiger partial charge is 0.381 e. The first-order valence-electron chi connectivity index (χ1n) is 10.6. The summed E-state index contributed by atoms with van der Waals surface area (Å²) in [7, 11) is 4.18. The van der Waals surface area contributed by atoms with E-state index in [9.17, 15) is 4.79 Å². The van der Waals surface area contributed by atoms with Crippen LogP contribution >= 0.6 is 0 Å². The third-order valence-electron chi connectivity index (χ3n) is 5.70. The number of aromatic nitrogens is 4. The van der Waals surface area contributed by atoms with E-state index in [0.29, 0.717) is 34.8 Å². The van der Waals surface area contributed by atoms with Crippen LogP contribution in [0.15, 0.2) is 47.3 Å². The molecule has 0 bridgehead atoms. The molecule has 31 heavy (non-hydrogen) atoms. The summed E-state index contributed by atoms with van der Waals surface area (Å²) in [5.41, 5.74) is 9.05. The van der Waals surface area contributed by atoms with Gasteiger partial charge in [0.25, 0.3) is 5.56 Å². The second kappa shape index (κ2) is 8.47. The Hall–Kier alpha value is -3.26. The van der Waals surface area contributed by atoms with Crippen molar-refractivity contribution in [2.75, 3.05) is 37.8 Å². The van der Waals surface area contributed by atoms with E-state index in [1.807, 2.05) is 44.2 Å². The normalized spacial score (nSPS) is 16.5. The van der Waals surface area contributed by atoms with Crippen molar-refractivity contribution >= 4 is 11.6 Å². The van der Waals surface area contributed by atoms with Gasteiger partial charge in [-0.05, 0) is 40.4 Å². The number of anilines is 2. The van der Waals surface area contributed by atoms with E-state index in [2.05, 4.69) is 29.0 Å². The van der Waals surface area contributed by atoms with E-state index in [1.54, 1.807) is 6.07 Å². The molecule has 2 aromatic heterocycles. The molecule has 1 fully saturated rings. The molecule has 4 rings (SSSR count). The second-order valence-electron chi connectivity index (χ2n) is 8.44. The third kappa shape index (κ3) is 4.16. The van der Waals surface area contributed by atoms with E-state index in [-0.39, 0.29) is 11.6 Å². The molecule has 8 nitrogen and oxygen atoms in total. The molecule has 3 heterocycles. The average molecular weight is 420 g/mol. The Kier molecular flexibility index (Phi) is 5.73. The predicted molar refractivity (Wildman–Crippen MR) is 124 cm³/mol. The van der Waals surface area contributed by atoms with Gasteiger partial charge in [0.05, 0.1) is 6.04 Å². The minimum atomic E-state index is -0.142. The molecule has 1 aromatic carbocycles. The van der Waals surface area contributed by atoms with E-state index in [0.717, 1.165) is 25.1 Å². The Balaban J connectivity index is 1.87. The van der Waals surface area contributed by atoms with Gasteiger partial charge < -0.3 is 15.5 Å². The highest BCUT2D eigenvalue weighted by molar-refractivity contribution is 5.80. The van der Waals surface area contributed by atoms with E-state index in [4.69, 9.17) is 15.7 Å². The fourth-order valence-electron chi connectivity index (χ4n) is 3.93. The minimum Gasteiger partial charge on any atom is -0.381 e. The number of nitrogens with two attached hydrogens (primary N) is 1. The number of benzene rings is 1. The number of hydrogen-bond acceptors (Lipinski definition) is 7. The highest BCUT2D eigenvalue weighted by Gasteiger charge is 2.28. The maximum Gasteiger partial charge on any atom is 0.267 e. The van der Waals surface area contributed by atoms with Crippen molar-refractivity contribution in [3.8, 4) is 22.6 Å². The van der Waals surface area contributed by atoms with Crippen molar-refractivity contribution < 1.29 is 0 Å². The first kappa shape index (κ1) is 21.0. The van der Waals surface area contributed by atoms with Crippen molar-refractivity contribution in [3.63, 3.8) is 0 Å². The molecule has 1 atom stereocenters. The van der Waals surface area contributed by atoms with Gasteiger partial charge in [-0.3, -0.25) is 4.79 Å². The van der Waals surface area contributed by atoms with Gasteiger partial charge in [-0.15, -0.1) is 0 Å². The Morgan fingerprint density at radius 1 is 1.06 bits per heavy atom. The summed E-state index contributed by atoms with van der Waals surface area (Å²) in [6.45, 7) is 5.57. The van der Waals surface area contributed by atoms with E-state index in [1.165, 1.54) is 10.7 Å².